The minimum atomic E-state index is -2.81. The highest BCUT2D eigenvalue weighted by atomic mass is 19.3. The Balaban J connectivity index is 1.22. The number of morpholine rings is 1. The van der Waals surface area contributed by atoms with Crippen molar-refractivity contribution in [2.75, 3.05) is 29.9 Å². The van der Waals surface area contributed by atoms with E-state index in [0.717, 1.165) is 50.9 Å². The summed E-state index contributed by atoms with van der Waals surface area (Å²) in [5.41, 5.74) is 5.86. The molecule has 1 saturated carbocycles. The van der Waals surface area contributed by atoms with Gasteiger partial charge in [-0.15, -0.1) is 0 Å². The van der Waals surface area contributed by atoms with Gasteiger partial charge >= 0.3 is 0 Å². The second kappa shape index (κ2) is 9.40. The molecule has 2 saturated heterocycles. The predicted octanol–water partition coefficient (Wildman–Crippen LogP) is 3.17. The van der Waals surface area contributed by atoms with Crippen molar-refractivity contribution in [3.8, 4) is 0 Å². The van der Waals surface area contributed by atoms with Crippen molar-refractivity contribution in [1.29, 1.82) is 0 Å². The van der Waals surface area contributed by atoms with Crippen molar-refractivity contribution in [2.24, 2.45) is 11.7 Å². The van der Waals surface area contributed by atoms with E-state index in [1.165, 1.54) is 16.9 Å². The van der Waals surface area contributed by atoms with Gasteiger partial charge in [0.25, 0.3) is 12.3 Å². The zero-order valence-electron chi connectivity index (χ0n) is 19.9. The van der Waals surface area contributed by atoms with Crippen LogP contribution in [0.15, 0.2) is 24.7 Å². The van der Waals surface area contributed by atoms with E-state index in [1.54, 1.807) is 10.9 Å². The number of fused-ring (bicyclic) bond motifs is 3. The number of halogens is 2. The first kappa shape index (κ1) is 23.3. The van der Waals surface area contributed by atoms with Crippen LogP contribution in [0.25, 0.3) is 5.65 Å². The van der Waals surface area contributed by atoms with Crippen LogP contribution in [-0.4, -0.2) is 62.1 Å². The van der Waals surface area contributed by atoms with Crippen molar-refractivity contribution in [3.05, 3.63) is 35.9 Å². The summed E-state index contributed by atoms with van der Waals surface area (Å²) in [5, 5.41) is 11.0. The molecule has 36 heavy (non-hydrogen) atoms. The summed E-state index contributed by atoms with van der Waals surface area (Å²) in [6.07, 6.45) is 7.74. The fourth-order valence-corrected chi connectivity index (χ4v) is 5.83. The molecular formula is C24H30F2N8O2. The molecule has 3 fully saturated rings. The van der Waals surface area contributed by atoms with Crippen LogP contribution in [0.3, 0.4) is 0 Å². The molecule has 0 aromatic carbocycles. The molecule has 12 heteroatoms. The SMILES string of the molecule is NCC[C@H]1CC[C@H](n2cc(NC(=O)c3cnn4ccc(N5C[C@H]6C[C@@H]5CO6)nc34)c(C(F)F)n2)CC1. The molecule has 0 unspecified atom stereocenters. The average molecular weight is 501 g/mol. The molecule has 2 aliphatic heterocycles. The molecule has 3 aliphatic rings. The summed E-state index contributed by atoms with van der Waals surface area (Å²) in [4.78, 5) is 20.1. The van der Waals surface area contributed by atoms with Gasteiger partial charge in [-0.3, -0.25) is 9.48 Å². The van der Waals surface area contributed by atoms with E-state index in [1.807, 2.05) is 6.07 Å². The van der Waals surface area contributed by atoms with E-state index >= 15 is 0 Å². The summed E-state index contributed by atoms with van der Waals surface area (Å²) in [5.74, 6) is 0.778. The zero-order chi connectivity index (χ0) is 24.8. The molecule has 2 atom stereocenters. The van der Waals surface area contributed by atoms with Gasteiger partial charge in [0.05, 0.1) is 36.7 Å². The highest BCUT2D eigenvalue weighted by molar-refractivity contribution is 6.08. The lowest BCUT2D eigenvalue weighted by atomic mass is 9.84. The fourth-order valence-electron chi connectivity index (χ4n) is 5.83. The molecule has 0 radical (unpaired) electrons. The number of carbonyl (C=O) groups excluding carboxylic acids is 1. The topological polar surface area (TPSA) is 116 Å². The highest BCUT2D eigenvalue weighted by Crippen LogP contribution is 2.36. The van der Waals surface area contributed by atoms with Crippen LogP contribution < -0.4 is 16.0 Å². The molecule has 6 rings (SSSR count). The number of amides is 1. The largest absolute Gasteiger partial charge is 0.374 e. The van der Waals surface area contributed by atoms with Crippen molar-refractivity contribution in [2.45, 2.75) is 63.1 Å². The van der Waals surface area contributed by atoms with Crippen molar-refractivity contribution < 1.29 is 18.3 Å². The third kappa shape index (κ3) is 4.21. The Kier molecular flexibility index (Phi) is 6.08. The average Bonchev–Trinajstić information content (AvgIpc) is 3.67. The molecule has 2 bridgehead atoms. The number of aromatic nitrogens is 5. The van der Waals surface area contributed by atoms with E-state index < -0.39 is 18.0 Å². The Morgan fingerprint density at radius 1 is 1.25 bits per heavy atom. The summed E-state index contributed by atoms with van der Waals surface area (Å²) < 4.78 is 36.4. The van der Waals surface area contributed by atoms with E-state index in [9.17, 15) is 13.6 Å². The molecule has 0 spiro atoms. The van der Waals surface area contributed by atoms with Crippen molar-refractivity contribution in [3.63, 3.8) is 0 Å². The second-order valence-corrected chi connectivity index (χ2v) is 10.0. The first-order chi connectivity index (χ1) is 17.5. The van der Waals surface area contributed by atoms with E-state index in [4.69, 9.17) is 10.5 Å². The van der Waals surface area contributed by atoms with Gasteiger partial charge in [-0.2, -0.15) is 10.2 Å². The minimum absolute atomic E-state index is 0.0172. The highest BCUT2D eigenvalue weighted by Gasteiger charge is 2.39. The molecular weight excluding hydrogens is 470 g/mol. The summed E-state index contributed by atoms with van der Waals surface area (Å²) >= 11 is 0. The van der Waals surface area contributed by atoms with Crippen LogP contribution in [0.5, 0.6) is 0 Å². The van der Waals surface area contributed by atoms with Crippen LogP contribution in [0, 0.1) is 5.92 Å². The Morgan fingerprint density at radius 3 is 2.78 bits per heavy atom. The quantitative estimate of drug-likeness (QED) is 0.512. The van der Waals surface area contributed by atoms with Gasteiger partial charge in [-0.25, -0.2) is 18.3 Å². The normalized spacial score (nSPS) is 25.8. The molecule has 3 N–H and O–H groups in total. The lowest BCUT2D eigenvalue weighted by Gasteiger charge is -2.28. The number of rotatable bonds is 7. The van der Waals surface area contributed by atoms with Gasteiger partial charge in [0.2, 0.25) is 0 Å². The maximum atomic E-state index is 13.8. The number of alkyl halides is 2. The molecule has 192 valence electrons. The Labute approximate surface area is 206 Å². The maximum absolute atomic E-state index is 13.8. The Morgan fingerprint density at radius 2 is 2.08 bits per heavy atom. The number of nitrogens with zero attached hydrogens (tertiary/aromatic N) is 6. The summed E-state index contributed by atoms with van der Waals surface area (Å²) in [6, 6.07) is 2.17. The first-order valence-electron chi connectivity index (χ1n) is 12.6. The lowest BCUT2D eigenvalue weighted by Crippen LogP contribution is -2.37. The second-order valence-electron chi connectivity index (χ2n) is 10.0. The standard InChI is InChI=1S/C24H30F2N8O2/c25-22(26)21-19(12-34(31-21)15-3-1-14(2-4-15)5-7-27)29-24(35)18-10-28-33-8-6-20(30-23(18)33)32-11-17-9-16(32)13-36-17/h6,8,10,12,14-17,22H,1-5,7,9,11,13,27H2,(H,29,35)/t14-,15-,16-,17-/m1/s1. The smallest absolute Gasteiger partial charge is 0.284 e. The number of anilines is 2. The lowest BCUT2D eigenvalue weighted by molar-refractivity contribution is 0.0988. The van der Waals surface area contributed by atoms with E-state index in [0.29, 0.717) is 24.7 Å². The van der Waals surface area contributed by atoms with Crippen LogP contribution in [0.4, 0.5) is 20.3 Å². The molecule has 1 aliphatic carbocycles. The van der Waals surface area contributed by atoms with Crippen LogP contribution in [0.1, 0.15) is 67.0 Å². The van der Waals surface area contributed by atoms with E-state index in [-0.39, 0.29) is 29.4 Å². The van der Waals surface area contributed by atoms with Crippen LogP contribution >= 0.6 is 0 Å². The number of nitrogens with two attached hydrogens (primary N) is 1. The zero-order valence-corrected chi connectivity index (χ0v) is 19.9. The first-order valence-corrected chi connectivity index (χ1v) is 12.6. The maximum Gasteiger partial charge on any atom is 0.284 e. The molecule has 3 aromatic rings. The van der Waals surface area contributed by atoms with Gasteiger partial charge in [0, 0.05) is 18.9 Å². The third-order valence-electron chi connectivity index (χ3n) is 7.77. The number of nitrogens with one attached hydrogen (secondary N) is 1. The van der Waals surface area contributed by atoms with Gasteiger partial charge in [-0.1, -0.05) is 0 Å². The van der Waals surface area contributed by atoms with Gasteiger partial charge in [-0.05, 0) is 57.1 Å². The third-order valence-corrected chi connectivity index (χ3v) is 7.77. The number of carbonyl (C=O) groups is 1. The van der Waals surface area contributed by atoms with E-state index in [2.05, 4.69) is 25.4 Å². The molecule has 5 heterocycles. The molecule has 10 nitrogen and oxygen atoms in total. The Hall–Kier alpha value is -3.12. The van der Waals surface area contributed by atoms with Gasteiger partial charge in [0.15, 0.2) is 11.3 Å². The molecule has 1 amide bonds. The number of hydrogen-bond acceptors (Lipinski definition) is 7. The van der Waals surface area contributed by atoms with Crippen molar-refractivity contribution >= 4 is 23.1 Å². The van der Waals surface area contributed by atoms with Gasteiger partial charge < -0.3 is 20.7 Å². The van der Waals surface area contributed by atoms with Crippen LogP contribution in [0.2, 0.25) is 0 Å². The number of hydrogen-bond donors (Lipinski definition) is 2. The van der Waals surface area contributed by atoms with Crippen molar-refractivity contribution in [1.82, 2.24) is 24.4 Å². The minimum Gasteiger partial charge on any atom is -0.374 e. The van der Waals surface area contributed by atoms with Crippen LogP contribution in [-0.2, 0) is 4.74 Å². The summed E-state index contributed by atoms with van der Waals surface area (Å²) in [6.45, 7) is 2.09. The Bertz CT molecular complexity index is 1250. The predicted molar refractivity (Wildman–Crippen MR) is 128 cm³/mol. The van der Waals surface area contributed by atoms with Gasteiger partial charge in [0.1, 0.15) is 11.4 Å². The molecule has 3 aromatic heterocycles. The number of ether oxygens (including phenoxy) is 1. The monoisotopic (exact) mass is 500 g/mol. The fraction of sp³-hybridized carbons (Fsp3) is 0.583. The summed E-state index contributed by atoms with van der Waals surface area (Å²) in [7, 11) is 0.